The van der Waals surface area contributed by atoms with E-state index in [9.17, 15) is 0 Å². The van der Waals surface area contributed by atoms with E-state index in [1.54, 1.807) is 0 Å². The van der Waals surface area contributed by atoms with Crippen LogP contribution in [0.1, 0.15) is 0 Å². The van der Waals surface area contributed by atoms with Crippen LogP contribution in [0.5, 0.6) is 0 Å². The van der Waals surface area contributed by atoms with Crippen molar-refractivity contribution in [2.45, 2.75) is 0 Å². The minimum atomic E-state index is -4.61. The molecule has 0 fully saturated rings. The fraction of sp³-hybridized carbons (Fsp3) is 0. The first-order valence-electron chi connectivity index (χ1n) is 1.79. The Bertz CT molecular complexity index is 58.0. The van der Waals surface area contributed by atoms with Gasteiger partial charge in [0.15, 0.2) is 0 Å². The van der Waals surface area contributed by atoms with Crippen molar-refractivity contribution in [1.82, 2.24) is 0 Å². The quantitative estimate of drug-likeness (QED) is 0.202. The molecule has 0 aliphatic rings. The molecule has 0 amide bonds. The van der Waals surface area contributed by atoms with E-state index in [2.05, 4.69) is 0 Å². The van der Waals surface area contributed by atoms with Gasteiger partial charge in [-0.25, -0.2) is 0 Å². The standard InChI is InChI=1S/2K.2H4O4Si.2H/c;;2*1-5(2,3)4;;/h;;2*1-4H;;. The Labute approximate surface area is 155 Å². The SMILES string of the molecule is O[Si](O)(O)O.O[Si](O)(O)O.[KH].[KH]. The van der Waals surface area contributed by atoms with E-state index in [0.717, 1.165) is 0 Å². The van der Waals surface area contributed by atoms with Gasteiger partial charge in [-0.3, -0.25) is 0 Å². The molecule has 0 atom stereocenters. The van der Waals surface area contributed by atoms with E-state index in [1.165, 1.54) is 0 Å². The van der Waals surface area contributed by atoms with Gasteiger partial charge in [-0.15, -0.1) is 0 Å². The minimum absolute atomic E-state index is 0. The fourth-order valence-corrected chi connectivity index (χ4v) is 0. The summed E-state index contributed by atoms with van der Waals surface area (Å²) < 4.78 is 0. The summed E-state index contributed by atoms with van der Waals surface area (Å²) in [5.41, 5.74) is 0. The maximum absolute atomic E-state index is 7.33. The summed E-state index contributed by atoms with van der Waals surface area (Å²) in [6.45, 7) is 0. The van der Waals surface area contributed by atoms with E-state index in [-0.39, 0.29) is 103 Å². The summed E-state index contributed by atoms with van der Waals surface area (Å²) in [5, 5.41) is 0. The van der Waals surface area contributed by atoms with Crippen LogP contribution in [0.25, 0.3) is 0 Å². The first-order chi connectivity index (χ1) is 4.00. The molecule has 0 unspecified atom stereocenters. The molecule has 68 valence electrons. The van der Waals surface area contributed by atoms with E-state index in [0.29, 0.717) is 0 Å². The Morgan fingerprint density at radius 3 is 0.417 bits per heavy atom. The van der Waals surface area contributed by atoms with Gasteiger partial charge in [0, 0.05) is 0 Å². The average molecular weight is 272 g/mol. The molecule has 0 saturated heterocycles. The summed E-state index contributed by atoms with van der Waals surface area (Å²) in [7, 11) is -9.22. The van der Waals surface area contributed by atoms with Crippen molar-refractivity contribution in [3.8, 4) is 0 Å². The Morgan fingerprint density at radius 2 is 0.417 bits per heavy atom. The third-order valence-corrected chi connectivity index (χ3v) is 0. The molecule has 8 N–H and O–H groups in total. The van der Waals surface area contributed by atoms with Crippen LogP contribution in [-0.4, -0.2) is 159 Å². The van der Waals surface area contributed by atoms with Gasteiger partial charge in [0.05, 0.1) is 0 Å². The molecule has 0 spiro atoms. The van der Waals surface area contributed by atoms with Gasteiger partial charge in [0.1, 0.15) is 0 Å². The number of hydrogen-bond acceptors (Lipinski definition) is 8. The third-order valence-electron chi connectivity index (χ3n) is 0. The van der Waals surface area contributed by atoms with Crippen molar-refractivity contribution >= 4 is 121 Å². The number of hydrogen-bond donors (Lipinski definition) is 8. The Balaban J connectivity index is -0.0000000457. The first kappa shape index (κ1) is 24.6. The van der Waals surface area contributed by atoms with Crippen molar-refractivity contribution in [1.29, 1.82) is 0 Å². The zero-order valence-electron chi connectivity index (χ0n) is 4.58. The van der Waals surface area contributed by atoms with Gasteiger partial charge in [0.25, 0.3) is 0 Å². The molecule has 0 aliphatic carbocycles. The second-order valence-electron chi connectivity index (χ2n) is 1.20. The Kier molecular flexibility index (Phi) is 22.3. The van der Waals surface area contributed by atoms with Gasteiger partial charge >= 0.3 is 121 Å². The van der Waals surface area contributed by atoms with Crippen LogP contribution in [-0.2, 0) is 0 Å². The van der Waals surface area contributed by atoms with E-state index < -0.39 is 18.1 Å². The van der Waals surface area contributed by atoms with Crippen LogP contribution in [0.15, 0.2) is 0 Å². The second-order valence-corrected chi connectivity index (χ2v) is 3.60. The van der Waals surface area contributed by atoms with Gasteiger partial charge in [-0.1, -0.05) is 0 Å². The zero-order chi connectivity index (χ0) is 9.00. The zero-order valence-corrected chi connectivity index (χ0v) is 6.58. The van der Waals surface area contributed by atoms with E-state index >= 15 is 0 Å². The molecular weight excluding hydrogens is 262 g/mol. The van der Waals surface area contributed by atoms with E-state index in [4.69, 9.17) is 38.4 Å². The molecule has 0 aliphatic heterocycles. The van der Waals surface area contributed by atoms with Crippen LogP contribution >= 0.6 is 0 Å². The topological polar surface area (TPSA) is 162 Å². The van der Waals surface area contributed by atoms with Crippen LogP contribution in [0.2, 0.25) is 0 Å². The predicted molar refractivity (Wildman–Crippen MR) is 43.6 cm³/mol. The summed E-state index contributed by atoms with van der Waals surface area (Å²) in [6, 6.07) is 0. The molecule has 0 aromatic rings. The van der Waals surface area contributed by atoms with Gasteiger partial charge in [0.2, 0.25) is 0 Å². The molecule has 0 bridgehead atoms. The maximum atomic E-state index is 7.33. The van der Waals surface area contributed by atoms with Crippen LogP contribution < -0.4 is 0 Å². The molecule has 0 aromatic carbocycles. The summed E-state index contributed by atoms with van der Waals surface area (Å²) in [5.74, 6) is 0. The average Bonchev–Trinajstić information content (AvgIpc) is 1.12. The van der Waals surface area contributed by atoms with Gasteiger partial charge < -0.3 is 38.4 Å². The Hall–Kier alpha value is 3.39. The van der Waals surface area contributed by atoms with E-state index in [1.807, 2.05) is 0 Å². The van der Waals surface area contributed by atoms with Crippen LogP contribution in [0.4, 0.5) is 0 Å². The molecule has 12 heteroatoms. The predicted octanol–water partition coefficient (Wildman–Crippen LogP) is -6.51. The third kappa shape index (κ3) is 179. The second kappa shape index (κ2) is 10.9. The fourth-order valence-electron chi connectivity index (χ4n) is 0. The van der Waals surface area contributed by atoms with Crippen molar-refractivity contribution in [2.24, 2.45) is 0 Å². The molecule has 0 heterocycles. The molecule has 12 heavy (non-hydrogen) atoms. The molecule has 0 rings (SSSR count). The summed E-state index contributed by atoms with van der Waals surface area (Å²) in [6.07, 6.45) is 0. The van der Waals surface area contributed by atoms with Crippen molar-refractivity contribution < 1.29 is 38.4 Å². The normalized spacial score (nSPS) is 10.0. The molecular formula is H10K2O8Si2. The molecule has 0 aromatic heterocycles. The Morgan fingerprint density at radius 1 is 0.417 bits per heavy atom. The molecule has 8 nitrogen and oxygen atoms in total. The van der Waals surface area contributed by atoms with Crippen LogP contribution in [0, 0.1) is 0 Å². The van der Waals surface area contributed by atoms with Gasteiger partial charge in [-0.05, 0) is 0 Å². The van der Waals surface area contributed by atoms with Crippen molar-refractivity contribution in [2.75, 3.05) is 0 Å². The summed E-state index contributed by atoms with van der Waals surface area (Å²) in [4.78, 5) is 58.6. The van der Waals surface area contributed by atoms with Gasteiger partial charge in [-0.2, -0.15) is 0 Å². The van der Waals surface area contributed by atoms with Crippen molar-refractivity contribution in [3.05, 3.63) is 0 Å². The monoisotopic (exact) mass is 272 g/mol. The van der Waals surface area contributed by atoms with Crippen LogP contribution in [0.3, 0.4) is 0 Å². The number of rotatable bonds is 0. The molecule has 0 saturated carbocycles. The first-order valence-corrected chi connectivity index (χ1v) is 5.37. The van der Waals surface area contributed by atoms with Crippen molar-refractivity contribution in [3.63, 3.8) is 0 Å². The molecule has 0 radical (unpaired) electrons. The summed E-state index contributed by atoms with van der Waals surface area (Å²) >= 11 is 0.